The maximum atomic E-state index is 12.5. The molecular weight excluding hydrogens is 316 g/mol. The van der Waals surface area contributed by atoms with Gasteiger partial charge in [-0.2, -0.15) is 0 Å². The molecule has 2 rings (SSSR count). The van der Waals surface area contributed by atoms with Crippen molar-refractivity contribution in [2.75, 3.05) is 6.54 Å². The molecule has 0 fully saturated rings. The summed E-state index contributed by atoms with van der Waals surface area (Å²) in [5, 5.41) is 0. The van der Waals surface area contributed by atoms with Crippen LogP contribution in [0.3, 0.4) is 0 Å². The quantitative estimate of drug-likeness (QED) is 0.852. The molecule has 0 unspecified atom stereocenters. The summed E-state index contributed by atoms with van der Waals surface area (Å²) in [6, 6.07) is 9.57. The van der Waals surface area contributed by atoms with Crippen molar-refractivity contribution in [3.8, 4) is 0 Å². The van der Waals surface area contributed by atoms with Gasteiger partial charge in [0.1, 0.15) is 0 Å². The van der Waals surface area contributed by atoms with Crippen LogP contribution in [-0.2, 0) is 6.54 Å². The fraction of sp³-hybridized carbons (Fsp3) is 0.250. The Morgan fingerprint density at radius 3 is 2.55 bits per heavy atom. The first-order valence-electron chi connectivity index (χ1n) is 6.56. The maximum absolute atomic E-state index is 12.5. The molecule has 0 spiro atoms. The predicted octanol–water partition coefficient (Wildman–Crippen LogP) is 3.81. The number of carbonyl (C=O) groups is 1. The van der Waals surface area contributed by atoms with Crippen LogP contribution in [-0.4, -0.2) is 22.3 Å². The fourth-order valence-corrected chi connectivity index (χ4v) is 2.32. The number of pyridine rings is 1. The van der Waals surface area contributed by atoms with Crippen LogP contribution in [0, 0.1) is 6.92 Å². The zero-order chi connectivity index (χ0) is 14.5. The Hall–Kier alpha value is -1.68. The lowest BCUT2D eigenvalue weighted by atomic mass is 10.1. The molecule has 1 amide bonds. The van der Waals surface area contributed by atoms with Crippen molar-refractivity contribution in [2.24, 2.45) is 0 Å². The Balaban J connectivity index is 2.18. The number of nitrogens with zero attached hydrogens (tertiary/aromatic N) is 2. The largest absolute Gasteiger partial charge is 0.335 e. The van der Waals surface area contributed by atoms with E-state index in [1.54, 1.807) is 12.4 Å². The Bertz CT molecular complexity index is 599. The fourth-order valence-electron chi connectivity index (χ4n) is 1.94. The van der Waals surface area contributed by atoms with Crippen LogP contribution in [0.15, 0.2) is 47.2 Å². The van der Waals surface area contributed by atoms with Crippen LogP contribution in [0.5, 0.6) is 0 Å². The van der Waals surface area contributed by atoms with E-state index in [2.05, 4.69) is 20.9 Å². The zero-order valence-corrected chi connectivity index (χ0v) is 13.2. The first-order valence-corrected chi connectivity index (χ1v) is 7.35. The Morgan fingerprint density at radius 2 is 1.95 bits per heavy atom. The summed E-state index contributed by atoms with van der Waals surface area (Å²) < 4.78 is 0.961. The van der Waals surface area contributed by atoms with E-state index in [9.17, 15) is 4.79 Å². The predicted molar refractivity (Wildman–Crippen MR) is 83.5 cm³/mol. The van der Waals surface area contributed by atoms with Gasteiger partial charge in [-0.3, -0.25) is 9.78 Å². The van der Waals surface area contributed by atoms with Crippen molar-refractivity contribution in [3.05, 3.63) is 63.9 Å². The third-order valence-electron chi connectivity index (χ3n) is 3.21. The van der Waals surface area contributed by atoms with Crippen LogP contribution in [0.1, 0.15) is 28.4 Å². The number of hydrogen-bond donors (Lipinski definition) is 0. The van der Waals surface area contributed by atoms with Crippen molar-refractivity contribution >= 4 is 21.8 Å². The molecule has 2 aromatic rings. The molecule has 104 valence electrons. The molecule has 0 aliphatic heterocycles. The smallest absolute Gasteiger partial charge is 0.254 e. The molecule has 0 aliphatic rings. The van der Waals surface area contributed by atoms with Crippen molar-refractivity contribution in [1.82, 2.24) is 9.88 Å². The highest BCUT2D eigenvalue weighted by atomic mass is 79.9. The summed E-state index contributed by atoms with van der Waals surface area (Å²) >= 11 is 3.47. The summed E-state index contributed by atoms with van der Waals surface area (Å²) in [5.41, 5.74) is 2.92. The van der Waals surface area contributed by atoms with Gasteiger partial charge in [0, 0.05) is 35.5 Å². The van der Waals surface area contributed by atoms with Crippen LogP contribution in [0.25, 0.3) is 0 Å². The highest BCUT2D eigenvalue weighted by Gasteiger charge is 2.15. The highest BCUT2D eigenvalue weighted by Crippen LogP contribution is 2.19. The van der Waals surface area contributed by atoms with E-state index in [0.29, 0.717) is 18.7 Å². The molecule has 0 atom stereocenters. The van der Waals surface area contributed by atoms with Crippen molar-refractivity contribution in [3.63, 3.8) is 0 Å². The van der Waals surface area contributed by atoms with E-state index >= 15 is 0 Å². The first-order chi connectivity index (χ1) is 9.61. The SMILES string of the molecule is CCN(Cc1ccncc1)C(=O)c1ccc(C)c(Br)c1. The van der Waals surface area contributed by atoms with E-state index < -0.39 is 0 Å². The molecule has 0 N–H and O–H groups in total. The van der Waals surface area contributed by atoms with Crippen LogP contribution < -0.4 is 0 Å². The molecule has 3 nitrogen and oxygen atoms in total. The van der Waals surface area contributed by atoms with E-state index in [1.807, 2.05) is 49.1 Å². The average Bonchev–Trinajstić information content (AvgIpc) is 2.48. The van der Waals surface area contributed by atoms with Gasteiger partial charge in [-0.1, -0.05) is 22.0 Å². The van der Waals surface area contributed by atoms with Gasteiger partial charge in [0.15, 0.2) is 0 Å². The summed E-state index contributed by atoms with van der Waals surface area (Å²) in [6.07, 6.45) is 3.49. The monoisotopic (exact) mass is 332 g/mol. The molecule has 0 aliphatic carbocycles. The molecule has 20 heavy (non-hydrogen) atoms. The summed E-state index contributed by atoms with van der Waals surface area (Å²) in [4.78, 5) is 18.4. The lowest BCUT2D eigenvalue weighted by Crippen LogP contribution is -2.30. The molecule has 0 radical (unpaired) electrons. The van der Waals surface area contributed by atoms with Crippen molar-refractivity contribution in [1.29, 1.82) is 0 Å². The third-order valence-corrected chi connectivity index (χ3v) is 4.06. The minimum absolute atomic E-state index is 0.0463. The Kier molecular flexibility index (Phi) is 4.90. The molecule has 1 heterocycles. The molecule has 4 heteroatoms. The van der Waals surface area contributed by atoms with Gasteiger partial charge >= 0.3 is 0 Å². The normalized spacial score (nSPS) is 10.3. The van der Waals surface area contributed by atoms with Crippen LogP contribution in [0.4, 0.5) is 0 Å². The lowest BCUT2D eigenvalue weighted by Gasteiger charge is -2.21. The van der Waals surface area contributed by atoms with E-state index in [4.69, 9.17) is 0 Å². The van der Waals surface area contributed by atoms with E-state index in [-0.39, 0.29) is 5.91 Å². The standard InChI is InChI=1S/C16H17BrN2O/c1-3-19(11-13-6-8-18-9-7-13)16(20)14-5-4-12(2)15(17)10-14/h4-10H,3,11H2,1-2H3. The summed E-state index contributed by atoms with van der Waals surface area (Å²) in [6.45, 7) is 5.27. The van der Waals surface area contributed by atoms with Crippen LogP contribution >= 0.6 is 15.9 Å². The lowest BCUT2D eigenvalue weighted by molar-refractivity contribution is 0.0752. The number of halogens is 1. The number of benzene rings is 1. The topological polar surface area (TPSA) is 33.2 Å². The van der Waals surface area contributed by atoms with Crippen LogP contribution in [0.2, 0.25) is 0 Å². The Morgan fingerprint density at radius 1 is 1.25 bits per heavy atom. The van der Waals surface area contributed by atoms with E-state index in [1.165, 1.54) is 0 Å². The molecule has 0 saturated heterocycles. The minimum atomic E-state index is 0.0463. The van der Waals surface area contributed by atoms with Crippen molar-refractivity contribution in [2.45, 2.75) is 20.4 Å². The van der Waals surface area contributed by atoms with Crippen molar-refractivity contribution < 1.29 is 4.79 Å². The second-order valence-corrected chi connectivity index (χ2v) is 5.49. The molecule has 1 aromatic carbocycles. The van der Waals surface area contributed by atoms with E-state index in [0.717, 1.165) is 15.6 Å². The van der Waals surface area contributed by atoms with Gasteiger partial charge in [-0.05, 0) is 49.2 Å². The van der Waals surface area contributed by atoms with Gasteiger partial charge in [-0.15, -0.1) is 0 Å². The summed E-state index contributed by atoms with van der Waals surface area (Å²) in [5.74, 6) is 0.0463. The number of aryl methyl sites for hydroxylation is 1. The minimum Gasteiger partial charge on any atom is -0.335 e. The number of rotatable bonds is 4. The van der Waals surface area contributed by atoms with Gasteiger partial charge in [0.05, 0.1) is 0 Å². The van der Waals surface area contributed by atoms with Gasteiger partial charge in [0.25, 0.3) is 5.91 Å². The first kappa shape index (κ1) is 14.7. The number of carbonyl (C=O) groups excluding carboxylic acids is 1. The molecule has 1 aromatic heterocycles. The third kappa shape index (κ3) is 3.45. The molecule has 0 bridgehead atoms. The highest BCUT2D eigenvalue weighted by molar-refractivity contribution is 9.10. The number of hydrogen-bond acceptors (Lipinski definition) is 2. The Labute approximate surface area is 127 Å². The zero-order valence-electron chi connectivity index (χ0n) is 11.6. The average molecular weight is 333 g/mol. The number of amides is 1. The van der Waals surface area contributed by atoms with Gasteiger partial charge in [-0.25, -0.2) is 0 Å². The second-order valence-electron chi connectivity index (χ2n) is 4.64. The summed E-state index contributed by atoms with van der Waals surface area (Å²) in [7, 11) is 0. The molecule has 0 saturated carbocycles. The second kappa shape index (κ2) is 6.66. The number of aromatic nitrogens is 1. The maximum Gasteiger partial charge on any atom is 0.254 e. The van der Waals surface area contributed by atoms with Gasteiger partial charge in [0.2, 0.25) is 0 Å². The van der Waals surface area contributed by atoms with Gasteiger partial charge < -0.3 is 4.90 Å². The molecular formula is C16H17BrN2O.